The molecular weight excluding hydrogens is 528 g/mol. The molecule has 4 aromatic rings. The Hall–Kier alpha value is -4.22. The molecule has 41 heavy (non-hydrogen) atoms. The van der Waals surface area contributed by atoms with Crippen molar-refractivity contribution >= 4 is 0 Å². The highest BCUT2D eigenvalue weighted by molar-refractivity contribution is 5.49. The molecule has 10 heteroatoms. The summed E-state index contributed by atoms with van der Waals surface area (Å²) in [5, 5.41) is 11.2. The molecule has 10 nitrogen and oxygen atoms in total. The van der Waals surface area contributed by atoms with Crippen molar-refractivity contribution < 1.29 is 28.8 Å². The summed E-state index contributed by atoms with van der Waals surface area (Å²) in [5.41, 5.74) is 0.147. The van der Waals surface area contributed by atoms with E-state index in [4.69, 9.17) is 23.7 Å². The van der Waals surface area contributed by atoms with Crippen LogP contribution in [0.1, 0.15) is 22.9 Å². The molecular formula is C31H32N2O8. The van der Waals surface area contributed by atoms with Gasteiger partial charge in [0.15, 0.2) is 6.23 Å². The number of hydrogen-bond donors (Lipinski definition) is 2. The van der Waals surface area contributed by atoms with Crippen LogP contribution in [0.25, 0.3) is 0 Å². The molecule has 1 aliphatic rings. The van der Waals surface area contributed by atoms with Gasteiger partial charge in [-0.1, -0.05) is 54.6 Å². The van der Waals surface area contributed by atoms with Crippen LogP contribution in [0.3, 0.4) is 0 Å². The molecule has 0 amide bonds. The van der Waals surface area contributed by atoms with E-state index in [1.807, 2.05) is 78.9 Å². The van der Waals surface area contributed by atoms with Crippen molar-refractivity contribution in [3.63, 3.8) is 0 Å². The molecule has 214 valence electrons. The topological polar surface area (TPSA) is 121 Å². The zero-order valence-corrected chi connectivity index (χ0v) is 22.9. The number of aromatic amines is 1. The molecule has 0 bridgehead atoms. The second-order valence-electron chi connectivity index (χ2n) is 9.59. The van der Waals surface area contributed by atoms with Gasteiger partial charge in [-0.05, 0) is 41.0 Å². The van der Waals surface area contributed by atoms with E-state index < -0.39 is 41.4 Å². The predicted molar refractivity (Wildman–Crippen MR) is 150 cm³/mol. The Morgan fingerprint density at radius 1 is 0.829 bits per heavy atom. The van der Waals surface area contributed by atoms with Crippen molar-refractivity contribution in [2.75, 3.05) is 27.9 Å². The van der Waals surface area contributed by atoms with Gasteiger partial charge in [-0.15, -0.1) is 0 Å². The van der Waals surface area contributed by atoms with Crippen molar-refractivity contribution in [2.24, 2.45) is 0 Å². The van der Waals surface area contributed by atoms with Crippen LogP contribution in [0, 0.1) is 0 Å². The van der Waals surface area contributed by atoms with Gasteiger partial charge in [0.25, 0.3) is 5.56 Å². The molecule has 1 aliphatic heterocycles. The molecule has 0 aliphatic carbocycles. The number of nitrogens with one attached hydrogen (secondary N) is 1. The maximum Gasteiger partial charge on any atom is 0.330 e. The van der Waals surface area contributed by atoms with Gasteiger partial charge >= 0.3 is 5.69 Å². The van der Waals surface area contributed by atoms with Crippen molar-refractivity contribution in [1.82, 2.24) is 9.55 Å². The average Bonchev–Trinajstić information content (AvgIpc) is 3.33. The van der Waals surface area contributed by atoms with Crippen molar-refractivity contribution in [2.45, 2.75) is 30.1 Å². The first kappa shape index (κ1) is 28.3. The minimum Gasteiger partial charge on any atom is -0.497 e. The summed E-state index contributed by atoms with van der Waals surface area (Å²) in [6, 6.07) is 26.1. The number of ether oxygens (including phenoxy) is 5. The van der Waals surface area contributed by atoms with Crippen LogP contribution in [0.15, 0.2) is 101 Å². The fourth-order valence-corrected chi connectivity index (χ4v) is 5.24. The molecule has 4 atom stereocenters. The first-order valence-electron chi connectivity index (χ1n) is 13.1. The first-order chi connectivity index (χ1) is 19.9. The van der Waals surface area contributed by atoms with Gasteiger partial charge in [0.1, 0.15) is 35.4 Å². The number of aliphatic hydroxyl groups excluding tert-OH is 1. The highest BCUT2D eigenvalue weighted by Crippen LogP contribution is 2.43. The number of rotatable bonds is 10. The van der Waals surface area contributed by atoms with E-state index >= 15 is 0 Å². The summed E-state index contributed by atoms with van der Waals surface area (Å²) < 4.78 is 30.5. The number of methoxy groups -OCH3 is 3. The summed E-state index contributed by atoms with van der Waals surface area (Å²) in [7, 11) is 4.64. The van der Waals surface area contributed by atoms with E-state index in [2.05, 4.69) is 4.98 Å². The number of aliphatic hydroxyl groups is 1. The molecule has 1 fully saturated rings. The summed E-state index contributed by atoms with van der Waals surface area (Å²) in [5.74, 6) is 1.38. The highest BCUT2D eigenvalue weighted by atomic mass is 16.6. The third kappa shape index (κ3) is 5.42. The van der Waals surface area contributed by atoms with Gasteiger partial charge < -0.3 is 28.8 Å². The monoisotopic (exact) mass is 560 g/mol. The van der Waals surface area contributed by atoms with Crippen molar-refractivity contribution in [1.29, 1.82) is 0 Å². The Morgan fingerprint density at radius 3 is 1.90 bits per heavy atom. The van der Waals surface area contributed by atoms with E-state index in [0.29, 0.717) is 11.5 Å². The average molecular weight is 561 g/mol. The Morgan fingerprint density at radius 2 is 1.39 bits per heavy atom. The lowest BCUT2D eigenvalue weighted by Crippen LogP contribution is -2.40. The number of nitrogens with zero attached hydrogens (tertiary/aromatic N) is 1. The Kier molecular flexibility index (Phi) is 8.36. The summed E-state index contributed by atoms with van der Waals surface area (Å²) in [6.07, 6.45) is -2.56. The van der Waals surface area contributed by atoms with Crippen LogP contribution < -0.4 is 20.7 Å². The molecule has 1 saturated heterocycles. The molecule has 5 rings (SSSR count). The second kappa shape index (κ2) is 12.1. The van der Waals surface area contributed by atoms with Crippen LogP contribution in [-0.2, 0) is 19.8 Å². The minimum atomic E-state index is -1.14. The molecule has 0 radical (unpaired) electrons. The minimum absolute atomic E-state index is 0.0669. The Bertz CT molecular complexity index is 1500. The van der Waals surface area contributed by atoms with Crippen molar-refractivity contribution in [3.05, 3.63) is 129 Å². The van der Waals surface area contributed by atoms with Gasteiger partial charge in [-0.25, -0.2) is 4.79 Å². The molecule has 3 unspecified atom stereocenters. The predicted octanol–water partition coefficient (Wildman–Crippen LogP) is 2.84. The molecule has 2 N–H and O–H groups in total. The normalized spacial score (nSPS) is 20.6. The van der Waals surface area contributed by atoms with Crippen LogP contribution in [0.2, 0.25) is 0 Å². The standard InChI is InChI=1S/C31H32N2O8/c1-37-23-13-9-21(10-14-23)31(20-7-5-4-6-8-20,22-11-15-24(38-2)16-12-22)40-19-25-27(35)28(39-3)29(41-25)33-18-17-26(34)32-30(33)36/h4-18,25,27-29,35H,19H2,1-3H3,(H,32,34,36)/t25?,27?,28-,29?/m0/s1. The smallest absolute Gasteiger partial charge is 0.330 e. The third-order valence-electron chi connectivity index (χ3n) is 7.35. The van der Waals surface area contributed by atoms with E-state index in [9.17, 15) is 14.7 Å². The van der Waals surface area contributed by atoms with Crippen molar-refractivity contribution in [3.8, 4) is 11.5 Å². The third-order valence-corrected chi connectivity index (χ3v) is 7.35. The van der Waals surface area contributed by atoms with Gasteiger partial charge in [-0.3, -0.25) is 14.3 Å². The van der Waals surface area contributed by atoms with Crippen LogP contribution in [0.4, 0.5) is 0 Å². The van der Waals surface area contributed by atoms with E-state index in [0.717, 1.165) is 16.7 Å². The molecule has 2 heterocycles. The van der Waals surface area contributed by atoms with E-state index in [1.54, 1.807) is 14.2 Å². The lowest BCUT2D eigenvalue weighted by molar-refractivity contribution is -0.0967. The van der Waals surface area contributed by atoms with Gasteiger partial charge in [-0.2, -0.15) is 0 Å². The zero-order valence-electron chi connectivity index (χ0n) is 22.9. The zero-order chi connectivity index (χ0) is 29.0. The SMILES string of the molecule is COc1ccc(C(OCC2OC(n3ccc(=O)[nH]c3=O)[C@@H](OC)C2O)(c2ccccc2)c2ccc(OC)cc2)cc1. The summed E-state index contributed by atoms with van der Waals surface area (Å²) >= 11 is 0. The van der Waals surface area contributed by atoms with E-state index in [1.165, 1.54) is 23.9 Å². The Balaban J connectivity index is 1.57. The molecule has 1 aromatic heterocycles. The summed E-state index contributed by atoms with van der Waals surface area (Å²) in [6.45, 7) is -0.0669. The lowest BCUT2D eigenvalue weighted by Gasteiger charge is -2.37. The van der Waals surface area contributed by atoms with Crippen LogP contribution in [0.5, 0.6) is 11.5 Å². The fourth-order valence-electron chi connectivity index (χ4n) is 5.24. The largest absolute Gasteiger partial charge is 0.497 e. The molecule has 0 saturated carbocycles. The van der Waals surface area contributed by atoms with Crippen LogP contribution in [-0.4, -0.2) is 60.9 Å². The number of benzene rings is 3. The number of hydrogen-bond acceptors (Lipinski definition) is 8. The maximum absolute atomic E-state index is 12.5. The molecule has 3 aromatic carbocycles. The Labute approximate surface area is 236 Å². The lowest BCUT2D eigenvalue weighted by atomic mass is 9.80. The second-order valence-corrected chi connectivity index (χ2v) is 9.59. The quantitative estimate of drug-likeness (QED) is 0.284. The van der Waals surface area contributed by atoms with Gasteiger partial charge in [0.05, 0.1) is 20.8 Å². The van der Waals surface area contributed by atoms with E-state index in [-0.39, 0.29) is 6.61 Å². The molecule has 0 spiro atoms. The fraction of sp³-hybridized carbons (Fsp3) is 0.290. The number of H-pyrrole nitrogens is 1. The van der Waals surface area contributed by atoms with Gasteiger partial charge in [0, 0.05) is 19.4 Å². The van der Waals surface area contributed by atoms with Gasteiger partial charge in [0.2, 0.25) is 0 Å². The summed E-state index contributed by atoms with van der Waals surface area (Å²) in [4.78, 5) is 26.3. The highest BCUT2D eigenvalue weighted by Gasteiger charge is 2.47. The number of aromatic nitrogens is 2. The first-order valence-corrected chi connectivity index (χ1v) is 13.1. The maximum atomic E-state index is 12.5. The van der Waals surface area contributed by atoms with Crippen LogP contribution >= 0.6 is 0 Å².